The summed E-state index contributed by atoms with van der Waals surface area (Å²) < 4.78 is 1.45. The van der Waals surface area contributed by atoms with Crippen molar-refractivity contribution in [2.45, 2.75) is 0 Å². The van der Waals surface area contributed by atoms with Crippen LogP contribution in [0.2, 0.25) is 0 Å². The smallest absolute Gasteiger partial charge is 0.266 e. The van der Waals surface area contributed by atoms with Gasteiger partial charge in [0, 0.05) is 18.6 Å². The number of nitrogens with one attached hydrogen (secondary N) is 1. The minimum atomic E-state index is -0.301. The Morgan fingerprint density at radius 3 is 2.93 bits per heavy atom. The van der Waals surface area contributed by atoms with Gasteiger partial charge in [0.2, 0.25) is 0 Å². The van der Waals surface area contributed by atoms with Gasteiger partial charge in [-0.2, -0.15) is 0 Å². The molecule has 0 unspecified atom stereocenters. The molecule has 70 valence electrons. The van der Waals surface area contributed by atoms with Crippen molar-refractivity contribution in [2.75, 3.05) is 5.43 Å². The van der Waals surface area contributed by atoms with Crippen LogP contribution in [0.25, 0.3) is 0 Å². The molecule has 0 fully saturated rings. The molecule has 0 aliphatic rings. The number of nitrogens with zero attached hydrogens (tertiary/aromatic N) is 4. The highest BCUT2D eigenvalue weighted by Gasteiger charge is 2.05. The van der Waals surface area contributed by atoms with E-state index in [9.17, 15) is 4.79 Å². The van der Waals surface area contributed by atoms with Crippen molar-refractivity contribution in [1.29, 1.82) is 0 Å². The molecule has 1 amide bonds. The van der Waals surface area contributed by atoms with E-state index in [4.69, 9.17) is 0 Å². The van der Waals surface area contributed by atoms with Gasteiger partial charge in [-0.3, -0.25) is 10.2 Å². The Morgan fingerprint density at radius 2 is 2.29 bits per heavy atom. The fraction of sp³-hybridized carbons (Fsp3) is 0. The molecule has 6 nitrogen and oxygen atoms in total. The fourth-order valence-corrected chi connectivity index (χ4v) is 0.925. The lowest BCUT2D eigenvalue weighted by molar-refractivity contribution is 0.100. The molecule has 0 radical (unpaired) electrons. The number of aromatic nitrogens is 4. The lowest BCUT2D eigenvalue weighted by Crippen LogP contribution is -2.22. The van der Waals surface area contributed by atoms with E-state index < -0.39 is 0 Å². The summed E-state index contributed by atoms with van der Waals surface area (Å²) in [6.07, 6.45) is 7.51. The van der Waals surface area contributed by atoms with Crippen LogP contribution in [0.3, 0.4) is 0 Å². The second-order valence-electron chi connectivity index (χ2n) is 2.51. The third-order valence-corrected chi connectivity index (χ3v) is 1.55. The maximum absolute atomic E-state index is 11.5. The molecule has 0 bridgehead atoms. The van der Waals surface area contributed by atoms with Gasteiger partial charge < -0.3 is 0 Å². The van der Waals surface area contributed by atoms with Crippen molar-refractivity contribution < 1.29 is 4.79 Å². The number of amides is 1. The monoisotopic (exact) mass is 189 g/mol. The van der Waals surface area contributed by atoms with Gasteiger partial charge in [-0.15, -0.1) is 0 Å². The average molecular weight is 189 g/mol. The van der Waals surface area contributed by atoms with Crippen LogP contribution in [0.15, 0.2) is 37.3 Å². The zero-order valence-corrected chi connectivity index (χ0v) is 7.16. The molecular formula is C8H7N5O. The molecule has 2 aromatic heterocycles. The van der Waals surface area contributed by atoms with Crippen LogP contribution >= 0.6 is 0 Å². The Labute approximate surface area is 79.6 Å². The molecule has 0 saturated heterocycles. The van der Waals surface area contributed by atoms with Crippen molar-refractivity contribution in [3.63, 3.8) is 0 Å². The number of imidazole rings is 1. The SMILES string of the molecule is O=C(Nn1ccnc1)c1ccncn1. The maximum atomic E-state index is 11.5. The van der Waals surface area contributed by atoms with Crippen LogP contribution in [0.4, 0.5) is 0 Å². The minimum Gasteiger partial charge on any atom is -0.266 e. The molecule has 6 heteroatoms. The molecule has 14 heavy (non-hydrogen) atoms. The highest BCUT2D eigenvalue weighted by Crippen LogP contribution is 1.92. The van der Waals surface area contributed by atoms with Crippen molar-refractivity contribution in [1.82, 2.24) is 19.6 Å². The molecule has 0 aliphatic heterocycles. The lowest BCUT2D eigenvalue weighted by Gasteiger charge is -2.03. The molecular weight excluding hydrogens is 182 g/mol. The van der Waals surface area contributed by atoms with Gasteiger partial charge in [-0.05, 0) is 6.07 Å². The normalized spacial score (nSPS) is 9.71. The number of hydrogen-bond acceptors (Lipinski definition) is 4. The van der Waals surface area contributed by atoms with E-state index in [1.54, 1.807) is 12.4 Å². The Morgan fingerprint density at radius 1 is 1.36 bits per heavy atom. The highest BCUT2D eigenvalue weighted by atomic mass is 16.2. The second kappa shape index (κ2) is 3.65. The van der Waals surface area contributed by atoms with E-state index in [1.165, 1.54) is 29.6 Å². The topological polar surface area (TPSA) is 72.7 Å². The molecule has 0 aliphatic carbocycles. The van der Waals surface area contributed by atoms with E-state index in [0.29, 0.717) is 5.69 Å². The summed E-state index contributed by atoms with van der Waals surface area (Å²) in [5.41, 5.74) is 2.88. The molecule has 2 heterocycles. The van der Waals surface area contributed by atoms with Crippen molar-refractivity contribution >= 4 is 5.91 Å². The molecule has 1 N–H and O–H groups in total. The van der Waals surface area contributed by atoms with Gasteiger partial charge in [0.25, 0.3) is 5.91 Å². The van der Waals surface area contributed by atoms with Crippen LogP contribution in [0, 0.1) is 0 Å². The lowest BCUT2D eigenvalue weighted by atomic mass is 10.4. The van der Waals surface area contributed by atoms with Crippen LogP contribution in [0.5, 0.6) is 0 Å². The van der Waals surface area contributed by atoms with Crippen LogP contribution in [-0.4, -0.2) is 25.5 Å². The summed E-state index contributed by atoms with van der Waals surface area (Å²) in [4.78, 5) is 22.8. The Bertz CT molecular complexity index is 411. The molecule has 0 aromatic carbocycles. The summed E-state index contributed by atoms with van der Waals surface area (Å²) in [6.45, 7) is 0. The van der Waals surface area contributed by atoms with E-state index in [0.717, 1.165) is 0 Å². The van der Waals surface area contributed by atoms with Crippen molar-refractivity contribution in [3.05, 3.63) is 43.0 Å². The zero-order chi connectivity index (χ0) is 9.80. The number of carbonyl (C=O) groups excluding carboxylic acids is 1. The first kappa shape index (κ1) is 8.36. The van der Waals surface area contributed by atoms with E-state index in [-0.39, 0.29) is 5.91 Å². The summed E-state index contributed by atoms with van der Waals surface area (Å²) in [7, 11) is 0. The highest BCUT2D eigenvalue weighted by molar-refractivity contribution is 5.98. The quantitative estimate of drug-likeness (QED) is 0.724. The van der Waals surface area contributed by atoms with Crippen LogP contribution in [-0.2, 0) is 0 Å². The fourth-order valence-electron chi connectivity index (χ4n) is 0.925. The minimum absolute atomic E-state index is 0.301. The van der Waals surface area contributed by atoms with Crippen molar-refractivity contribution in [2.24, 2.45) is 0 Å². The summed E-state index contributed by atoms with van der Waals surface area (Å²) in [5, 5.41) is 0. The number of rotatable bonds is 2. The van der Waals surface area contributed by atoms with Crippen LogP contribution < -0.4 is 5.43 Å². The maximum Gasteiger partial charge on any atom is 0.288 e. The zero-order valence-electron chi connectivity index (χ0n) is 7.16. The molecule has 0 saturated carbocycles. The number of hydrogen-bond donors (Lipinski definition) is 1. The number of carbonyl (C=O) groups is 1. The standard InChI is InChI=1S/C8H7N5O/c14-8(7-1-2-9-5-11-7)12-13-4-3-10-6-13/h1-6H,(H,12,14). The van der Waals surface area contributed by atoms with E-state index >= 15 is 0 Å². The first-order valence-corrected chi connectivity index (χ1v) is 3.91. The third-order valence-electron chi connectivity index (χ3n) is 1.55. The first-order valence-electron chi connectivity index (χ1n) is 3.91. The third kappa shape index (κ3) is 1.74. The largest absolute Gasteiger partial charge is 0.288 e. The predicted molar refractivity (Wildman–Crippen MR) is 48.0 cm³/mol. The van der Waals surface area contributed by atoms with Gasteiger partial charge in [0.15, 0.2) is 0 Å². The molecule has 0 atom stereocenters. The summed E-state index contributed by atoms with van der Waals surface area (Å²) in [5.74, 6) is -0.301. The Hall–Kier alpha value is -2.24. The summed E-state index contributed by atoms with van der Waals surface area (Å²) >= 11 is 0. The Balaban J connectivity index is 2.11. The Kier molecular flexibility index (Phi) is 2.18. The van der Waals surface area contributed by atoms with Gasteiger partial charge in [-0.25, -0.2) is 19.6 Å². The van der Waals surface area contributed by atoms with E-state index in [1.807, 2.05) is 0 Å². The molecule has 0 spiro atoms. The van der Waals surface area contributed by atoms with Gasteiger partial charge in [0.05, 0.1) is 0 Å². The summed E-state index contributed by atoms with van der Waals surface area (Å²) in [6, 6.07) is 1.53. The predicted octanol–water partition coefficient (Wildman–Crippen LogP) is 0.0570. The van der Waals surface area contributed by atoms with Gasteiger partial charge in [0.1, 0.15) is 18.3 Å². The van der Waals surface area contributed by atoms with Gasteiger partial charge >= 0.3 is 0 Å². The van der Waals surface area contributed by atoms with Crippen LogP contribution in [0.1, 0.15) is 10.5 Å². The molecule has 2 rings (SSSR count). The van der Waals surface area contributed by atoms with Crippen molar-refractivity contribution in [3.8, 4) is 0 Å². The second-order valence-corrected chi connectivity index (χ2v) is 2.51. The van der Waals surface area contributed by atoms with E-state index in [2.05, 4.69) is 20.4 Å². The average Bonchev–Trinajstić information content (AvgIpc) is 2.72. The first-order chi connectivity index (χ1) is 6.86. The molecule has 2 aromatic rings. The van der Waals surface area contributed by atoms with Gasteiger partial charge in [-0.1, -0.05) is 0 Å².